The largest absolute Gasteiger partial charge is 0.469 e. The van der Waals surface area contributed by atoms with E-state index in [9.17, 15) is 44.4 Å². The molecule has 21 atom stereocenters. The Balaban J connectivity index is 1.65. The zero-order valence-electron chi connectivity index (χ0n) is 53.0. The first-order chi connectivity index (χ1) is 39.7. The maximum absolute atomic E-state index is 13.0. The van der Waals surface area contributed by atoms with Crippen molar-refractivity contribution < 1.29 is 95.9 Å². The number of amides is 2. The maximum Gasteiger partial charge on any atom is 0.469 e. The number of hydrogen-bond acceptors (Lipinski definition) is 20. The predicted octanol–water partition coefficient (Wildman–Crippen LogP) is 4.85. The van der Waals surface area contributed by atoms with Gasteiger partial charge in [-0.3, -0.25) is 14.1 Å². The molecule has 85 heavy (non-hydrogen) atoms. The molecule has 0 aliphatic carbocycles. The normalized spacial score (nSPS) is 30.8. The molecule has 3 aliphatic heterocycles. The smallest absolute Gasteiger partial charge is 0.448 e. The van der Waals surface area contributed by atoms with E-state index in [2.05, 4.69) is 5.32 Å². The Morgan fingerprint density at radius 2 is 1.58 bits per heavy atom. The van der Waals surface area contributed by atoms with Crippen LogP contribution in [0.1, 0.15) is 119 Å². The van der Waals surface area contributed by atoms with Crippen LogP contribution in [-0.2, 0) is 61.3 Å². The molecule has 1 aromatic rings. The minimum absolute atomic E-state index is 0.00700. The van der Waals surface area contributed by atoms with Crippen LogP contribution in [0.25, 0.3) is 6.08 Å². The van der Waals surface area contributed by atoms with Crippen LogP contribution in [0.3, 0.4) is 0 Å². The number of nitrogens with two attached hydrogens (primary N) is 1. The van der Waals surface area contributed by atoms with E-state index in [1.807, 2.05) is 59.8 Å². The van der Waals surface area contributed by atoms with E-state index in [1.165, 1.54) is 33.7 Å². The molecule has 3 saturated heterocycles. The van der Waals surface area contributed by atoms with E-state index < -0.39 is 146 Å². The third kappa shape index (κ3) is 19.4. The van der Waals surface area contributed by atoms with Crippen molar-refractivity contribution in [3.63, 3.8) is 0 Å². The number of carbonyl (C=O) groups excluding carboxylic acids is 2. The van der Waals surface area contributed by atoms with Crippen molar-refractivity contribution in [2.24, 2.45) is 28.9 Å². The summed E-state index contributed by atoms with van der Waals surface area (Å²) in [4.78, 5) is 51.7. The van der Waals surface area contributed by atoms with Gasteiger partial charge in [-0.2, -0.15) is 0 Å². The SMILES string of the molecule is COC[C@@H]([C@H](O)[C@H](O)C(=O)N[C@H](C)C[C@H](C)c1nc(C=CC[C@@H]2O[C@]3(C[C@H](O[C@@H]4O[C@@H](C)[C@H](OC)[C@@H](OC)[C@H]4OC)[C@@H]2C)O[C@H]([C@H](C[C@H](O)[C@H](C)[C@H](O)[C@H](C)C=C(C)C(C)=CC=CC(C)=CC(N)=O)OC)[C@H](OP(=O)(O)O)C3(C)C)co1)N(C)C. The van der Waals surface area contributed by atoms with Crippen LogP contribution in [0.4, 0.5) is 0 Å². The van der Waals surface area contributed by atoms with Crippen molar-refractivity contribution >= 4 is 25.7 Å². The number of ether oxygens (including phenoxy) is 9. The van der Waals surface area contributed by atoms with Crippen LogP contribution in [0.5, 0.6) is 0 Å². The monoisotopic (exact) mass is 1230 g/mol. The molecule has 486 valence electrons. The quantitative estimate of drug-likeness (QED) is 0.0271. The fraction of sp³-hybridized carbons (Fsp3) is 0.750. The highest BCUT2D eigenvalue weighted by Crippen LogP contribution is 2.59. The summed E-state index contributed by atoms with van der Waals surface area (Å²) in [5, 5.41) is 47.9. The van der Waals surface area contributed by atoms with Crippen LogP contribution >= 0.6 is 7.82 Å². The Bertz CT molecular complexity index is 2480. The molecule has 3 fully saturated rings. The second kappa shape index (κ2) is 32.8. The Kier molecular flexibility index (Phi) is 28.5. The fourth-order valence-corrected chi connectivity index (χ4v) is 12.4. The van der Waals surface area contributed by atoms with E-state index in [0.717, 1.165) is 11.1 Å². The van der Waals surface area contributed by atoms with Crippen LogP contribution in [-0.4, -0.2) is 212 Å². The number of primary amides is 1. The lowest BCUT2D eigenvalue weighted by atomic mass is 9.72. The molecule has 1 aromatic heterocycles. The molecule has 4 rings (SSSR count). The average Bonchev–Trinajstić information content (AvgIpc) is 1.76. The van der Waals surface area contributed by atoms with Gasteiger partial charge in [0.1, 0.15) is 48.6 Å². The van der Waals surface area contributed by atoms with Crippen LogP contribution in [0, 0.1) is 23.2 Å². The molecule has 0 unspecified atom stereocenters. The summed E-state index contributed by atoms with van der Waals surface area (Å²) < 4.78 is 81.1. The number of allylic oxidation sites excluding steroid dienone is 6. The van der Waals surface area contributed by atoms with Gasteiger partial charge in [0, 0.05) is 89.6 Å². The van der Waals surface area contributed by atoms with Crippen LogP contribution in [0.15, 0.2) is 63.9 Å². The molecule has 0 aromatic carbocycles. The summed E-state index contributed by atoms with van der Waals surface area (Å²) in [5.74, 6) is -4.45. The lowest BCUT2D eigenvalue weighted by Gasteiger charge is -2.52. The number of hydrogen-bond donors (Lipinski definition) is 8. The molecule has 9 N–H and O–H groups in total. The molecule has 25 heteroatoms. The lowest BCUT2D eigenvalue weighted by molar-refractivity contribution is -0.366. The van der Waals surface area contributed by atoms with Gasteiger partial charge in [0.25, 0.3) is 5.91 Å². The van der Waals surface area contributed by atoms with Gasteiger partial charge >= 0.3 is 7.82 Å². The summed E-state index contributed by atoms with van der Waals surface area (Å²) >= 11 is 0. The topological polar surface area (TPSA) is 332 Å². The van der Waals surface area contributed by atoms with E-state index in [1.54, 1.807) is 86.1 Å². The number of phosphoric acid groups is 1. The molecule has 0 radical (unpaired) electrons. The number of methoxy groups -OCH3 is 5. The number of aliphatic hydroxyl groups excluding tert-OH is 4. The van der Waals surface area contributed by atoms with Crippen molar-refractivity contribution in [3.05, 3.63) is 71.0 Å². The molecular weight excluding hydrogens is 1130 g/mol. The van der Waals surface area contributed by atoms with Gasteiger partial charge in [-0.25, -0.2) is 9.55 Å². The third-order valence-corrected chi connectivity index (χ3v) is 17.6. The maximum atomic E-state index is 13.0. The fourth-order valence-electron chi connectivity index (χ4n) is 11.7. The van der Waals surface area contributed by atoms with Crippen molar-refractivity contribution in [3.8, 4) is 0 Å². The number of oxazole rings is 1. The van der Waals surface area contributed by atoms with Gasteiger partial charge in [0.2, 0.25) is 5.91 Å². The van der Waals surface area contributed by atoms with Gasteiger partial charge < -0.3 is 93.2 Å². The lowest BCUT2D eigenvalue weighted by Crippen LogP contribution is -2.62. The van der Waals surface area contributed by atoms with Gasteiger partial charge in [-0.1, -0.05) is 77.5 Å². The molecule has 1 spiro atoms. The Morgan fingerprint density at radius 1 is 0.929 bits per heavy atom. The number of phosphoric ester groups is 1. The van der Waals surface area contributed by atoms with E-state index in [-0.39, 0.29) is 31.8 Å². The summed E-state index contributed by atoms with van der Waals surface area (Å²) in [5.41, 5.74) is 6.83. The number of aliphatic hydroxyl groups is 4. The molecule has 0 bridgehead atoms. The number of carbonyl (C=O) groups is 2. The number of likely N-dealkylation sites (N-methyl/N-ethyl adjacent to an activating group) is 1. The first-order valence-electron chi connectivity index (χ1n) is 29.0. The number of nitrogens with one attached hydrogen (secondary N) is 1. The Labute approximate surface area is 502 Å². The molecular formula is C60H101N4O20P. The van der Waals surface area contributed by atoms with Crippen molar-refractivity contribution in [1.29, 1.82) is 0 Å². The minimum atomic E-state index is -5.26. The number of aromatic nitrogens is 1. The molecule has 4 heterocycles. The highest BCUT2D eigenvalue weighted by Gasteiger charge is 2.68. The van der Waals surface area contributed by atoms with Gasteiger partial charge in [0.05, 0.1) is 49.3 Å². The van der Waals surface area contributed by atoms with Crippen molar-refractivity contribution in [2.75, 3.05) is 56.3 Å². The zero-order chi connectivity index (χ0) is 64.1. The second-order valence-electron chi connectivity index (χ2n) is 24.1. The van der Waals surface area contributed by atoms with Gasteiger partial charge in [0.15, 0.2) is 24.1 Å². The second-order valence-corrected chi connectivity index (χ2v) is 25.3. The van der Waals surface area contributed by atoms with Crippen LogP contribution in [0.2, 0.25) is 0 Å². The van der Waals surface area contributed by atoms with Crippen LogP contribution < -0.4 is 11.1 Å². The molecule has 24 nitrogen and oxygen atoms in total. The molecule has 0 saturated carbocycles. The third-order valence-electron chi connectivity index (χ3n) is 17.1. The summed E-state index contributed by atoms with van der Waals surface area (Å²) in [6, 6.07) is -1.06. The van der Waals surface area contributed by atoms with E-state index in [4.69, 9.17) is 62.3 Å². The summed E-state index contributed by atoms with van der Waals surface area (Å²) in [6.45, 7) is 20.1. The first-order valence-corrected chi connectivity index (χ1v) is 30.6. The van der Waals surface area contributed by atoms with E-state index in [0.29, 0.717) is 23.6 Å². The van der Waals surface area contributed by atoms with Gasteiger partial charge in [-0.15, -0.1) is 0 Å². The summed E-state index contributed by atoms with van der Waals surface area (Å²) in [6.07, 6.45) is 0.312. The highest BCUT2D eigenvalue weighted by molar-refractivity contribution is 7.46. The first kappa shape index (κ1) is 73.9. The zero-order valence-corrected chi connectivity index (χ0v) is 53.9. The standard InChI is InChI=1S/C60H101N4O20P/c1-32(25-47(61)66)21-19-22-33(2)34(3)26-35(4)48(67)38(7)43(65)28-45(75-15)52-55(84-85(71,72)73)59(10,11)60(83-52)29-46(81-58-54(78-18)53(77-17)51(76-16)40(9)80-58)39(8)44(82-60)24-20-23-41-30-79-57(63-41)36(5)27-37(6)62-56(70)50(69)49(68)42(31-74-14)64(12)13/h19-23,25-26,30,35-40,42-46,48-55,58,65,67-69H,24,27-29,31H2,1-18H3,(H2,61,66)(H,62,70)(H2,71,72,73)/t35-,36+,37-,38+,39-,40+,42+,43+,44+,45+,46+,48-,49+,50+,51+,52-,53-,54-,55+,58+,60-/m1/s1. The van der Waals surface area contributed by atoms with Crippen molar-refractivity contribution in [1.82, 2.24) is 15.2 Å². The number of rotatable bonds is 32. The minimum Gasteiger partial charge on any atom is -0.448 e. The highest BCUT2D eigenvalue weighted by atomic mass is 31.2. The van der Waals surface area contributed by atoms with Gasteiger partial charge in [-0.05, 0) is 78.8 Å². The van der Waals surface area contributed by atoms with Crippen molar-refractivity contribution in [2.45, 2.75) is 211 Å². The average molecular weight is 1230 g/mol. The molecule has 2 amide bonds. The Morgan fingerprint density at radius 3 is 2.15 bits per heavy atom. The summed E-state index contributed by atoms with van der Waals surface area (Å²) in [7, 11) is 5.66. The van der Waals surface area contributed by atoms with E-state index >= 15 is 0 Å². The number of nitrogens with zero attached hydrogens (tertiary/aromatic N) is 2. The predicted molar refractivity (Wildman–Crippen MR) is 316 cm³/mol. The Hall–Kier alpha value is -3.60. The molecule has 3 aliphatic rings.